The predicted octanol–water partition coefficient (Wildman–Crippen LogP) is 3.24. The van der Waals surface area contributed by atoms with Gasteiger partial charge >= 0.3 is 0 Å². The van der Waals surface area contributed by atoms with Gasteiger partial charge in [-0.15, -0.1) is 0 Å². The fourth-order valence-electron chi connectivity index (χ4n) is 2.34. The van der Waals surface area contributed by atoms with E-state index in [-0.39, 0.29) is 30.6 Å². The highest BCUT2D eigenvalue weighted by Gasteiger charge is 2.27. The molecule has 2 unspecified atom stereocenters. The lowest BCUT2D eigenvalue weighted by atomic mass is 9.97. The molecule has 0 saturated heterocycles. The summed E-state index contributed by atoms with van der Waals surface area (Å²) in [5, 5.41) is 13.1. The molecule has 4 nitrogen and oxygen atoms in total. The molecule has 0 aliphatic carbocycles. The third kappa shape index (κ3) is 4.66. The second-order valence-electron chi connectivity index (χ2n) is 6.12. The smallest absolute Gasteiger partial charge is 0.220 e. The average Bonchev–Trinajstić information content (AvgIpc) is 2.93. The van der Waals surface area contributed by atoms with Gasteiger partial charge < -0.3 is 14.8 Å². The number of hydrogen-bond acceptors (Lipinski definition) is 3. The summed E-state index contributed by atoms with van der Waals surface area (Å²) in [5.74, 6) is 0.616. The van der Waals surface area contributed by atoms with Crippen LogP contribution in [0.2, 0.25) is 0 Å². The van der Waals surface area contributed by atoms with Gasteiger partial charge in [0.25, 0.3) is 0 Å². The molecule has 5 heteroatoms. The highest BCUT2D eigenvalue weighted by Crippen LogP contribution is 2.23. The molecule has 0 fully saturated rings. The van der Waals surface area contributed by atoms with Crippen LogP contribution in [-0.2, 0) is 10.4 Å². The third-order valence-electron chi connectivity index (χ3n) is 3.83. The van der Waals surface area contributed by atoms with Crippen molar-refractivity contribution in [1.82, 2.24) is 5.32 Å². The van der Waals surface area contributed by atoms with Crippen molar-refractivity contribution in [2.75, 3.05) is 6.54 Å². The van der Waals surface area contributed by atoms with Crippen LogP contribution in [0, 0.1) is 12.7 Å². The lowest BCUT2D eigenvalue weighted by molar-refractivity contribution is -0.122. The Kier molecular flexibility index (Phi) is 5.21. The minimum absolute atomic E-state index is 0.0357. The zero-order valence-electron chi connectivity index (χ0n) is 13.6. The fraction of sp³-hybridized carbons (Fsp3) is 0.389. The van der Waals surface area contributed by atoms with Crippen molar-refractivity contribution in [2.45, 2.75) is 38.7 Å². The van der Waals surface area contributed by atoms with E-state index in [0.717, 1.165) is 5.56 Å². The number of furan rings is 1. The van der Waals surface area contributed by atoms with Crippen molar-refractivity contribution in [3.05, 3.63) is 59.3 Å². The summed E-state index contributed by atoms with van der Waals surface area (Å²) in [6.07, 6.45) is 0.263. The maximum Gasteiger partial charge on any atom is 0.220 e. The Bertz CT molecular complexity index is 661. The SMILES string of the molecule is Cc1ccc(C(C)(O)CNC(=O)CC(C)c2ccc(F)cc2)o1. The van der Waals surface area contributed by atoms with Crippen molar-refractivity contribution in [1.29, 1.82) is 0 Å². The normalized spacial score (nSPS) is 15.0. The minimum atomic E-state index is -1.26. The predicted molar refractivity (Wildman–Crippen MR) is 85.5 cm³/mol. The van der Waals surface area contributed by atoms with E-state index >= 15 is 0 Å². The Morgan fingerprint density at radius 1 is 1.30 bits per heavy atom. The molecule has 0 saturated carbocycles. The average molecular weight is 319 g/mol. The van der Waals surface area contributed by atoms with Crippen LogP contribution in [-0.4, -0.2) is 17.6 Å². The summed E-state index contributed by atoms with van der Waals surface area (Å²) in [6, 6.07) is 9.58. The van der Waals surface area contributed by atoms with Gasteiger partial charge in [-0.2, -0.15) is 0 Å². The first-order chi connectivity index (χ1) is 10.8. The molecular weight excluding hydrogens is 297 g/mol. The highest BCUT2D eigenvalue weighted by molar-refractivity contribution is 5.76. The number of halogens is 1. The van der Waals surface area contributed by atoms with Crippen molar-refractivity contribution < 1.29 is 18.7 Å². The van der Waals surface area contributed by atoms with E-state index in [9.17, 15) is 14.3 Å². The standard InChI is InChI=1S/C18H22FNO3/c1-12(14-5-7-15(19)8-6-14)10-17(21)20-11-18(3,22)16-9-4-13(2)23-16/h4-9,12,22H,10-11H2,1-3H3,(H,20,21). The molecule has 1 aromatic carbocycles. The first-order valence-electron chi connectivity index (χ1n) is 7.59. The lowest BCUT2D eigenvalue weighted by Crippen LogP contribution is -2.38. The number of benzene rings is 1. The molecule has 0 radical (unpaired) electrons. The molecule has 1 aromatic heterocycles. The minimum Gasteiger partial charge on any atom is -0.463 e. The van der Waals surface area contributed by atoms with Gasteiger partial charge in [-0.1, -0.05) is 19.1 Å². The largest absolute Gasteiger partial charge is 0.463 e. The number of carbonyl (C=O) groups is 1. The molecule has 2 rings (SSSR count). The number of aliphatic hydroxyl groups is 1. The van der Waals surface area contributed by atoms with Gasteiger partial charge in [0.05, 0.1) is 6.54 Å². The van der Waals surface area contributed by atoms with Crippen LogP contribution in [0.4, 0.5) is 4.39 Å². The second-order valence-corrected chi connectivity index (χ2v) is 6.12. The molecule has 0 aliphatic rings. The molecule has 23 heavy (non-hydrogen) atoms. The highest BCUT2D eigenvalue weighted by atomic mass is 19.1. The summed E-state index contributed by atoms with van der Waals surface area (Å²) >= 11 is 0. The number of carbonyl (C=O) groups excluding carboxylic acids is 1. The molecule has 2 aromatic rings. The van der Waals surface area contributed by atoms with E-state index in [1.54, 1.807) is 38.1 Å². The van der Waals surface area contributed by atoms with E-state index in [0.29, 0.717) is 11.5 Å². The number of hydrogen-bond donors (Lipinski definition) is 2. The topological polar surface area (TPSA) is 62.5 Å². The van der Waals surface area contributed by atoms with Crippen LogP contribution in [0.25, 0.3) is 0 Å². The molecule has 0 spiro atoms. The van der Waals surface area contributed by atoms with E-state index in [2.05, 4.69) is 5.32 Å². The van der Waals surface area contributed by atoms with E-state index in [1.807, 2.05) is 6.92 Å². The number of rotatable bonds is 6. The van der Waals surface area contributed by atoms with Gasteiger partial charge in [0.1, 0.15) is 22.9 Å². The van der Waals surface area contributed by atoms with E-state index in [4.69, 9.17) is 4.42 Å². The van der Waals surface area contributed by atoms with Crippen molar-refractivity contribution in [3.63, 3.8) is 0 Å². The van der Waals surface area contributed by atoms with Crippen LogP contribution in [0.5, 0.6) is 0 Å². The molecular formula is C18H22FNO3. The second kappa shape index (κ2) is 6.96. The molecule has 0 bridgehead atoms. The fourth-order valence-corrected chi connectivity index (χ4v) is 2.34. The lowest BCUT2D eigenvalue weighted by Gasteiger charge is -2.22. The van der Waals surface area contributed by atoms with Crippen molar-refractivity contribution in [2.24, 2.45) is 0 Å². The Hall–Kier alpha value is -2.14. The molecule has 1 amide bonds. The van der Waals surface area contributed by atoms with Gasteiger partial charge in [0.2, 0.25) is 5.91 Å². The third-order valence-corrected chi connectivity index (χ3v) is 3.83. The Morgan fingerprint density at radius 3 is 2.52 bits per heavy atom. The number of aryl methyl sites for hydroxylation is 1. The maximum atomic E-state index is 12.9. The Balaban J connectivity index is 1.88. The van der Waals surface area contributed by atoms with Gasteiger partial charge in [-0.25, -0.2) is 4.39 Å². The molecule has 124 valence electrons. The molecule has 1 heterocycles. The van der Waals surface area contributed by atoms with Crippen molar-refractivity contribution >= 4 is 5.91 Å². The summed E-state index contributed by atoms with van der Waals surface area (Å²) in [5.41, 5.74) is -0.363. The van der Waals surface area contributed by atoms with Crippen molar-refractivity contribution in [3.8, 4) is 0 Å². The summed E-state index contributed by atoms with van der Waals surface area (Å²) < 4.78 is 18.3. The van der Waals surface area contributed by atoms with Gasteiger partial charge in [-0.05, 0) is 49.6 Å². The van der Waals surface area contributed by atoms with E-state index < -0.39 is 5.60 Å². The zero-order chi connectivity index (χ0) is 17.0. The van der Waals surface area contributed by atoms with Crippen LogP contribution in [0.1, 0.15) is 43.3 Å². The van der Waals surface area contributed by atoms with Crippen LogP contribution < -0.4 is 5.32 Å². The number of nitrogens with one attached hydrogen (secondary N) is 1. The van der Waals surface area contributed by atoms with Gasteiger partial charge in [-0.3, -0.25) is 4.79 Å². The molecule has 2 atom stereocenters. The van der Waals surface area contributed by atoms with Gasteiger partial charge in [0.15, 0.2) is 0 Å². The monoisotopic (exact) mass is 319 g/mol. The van der Waals surface area contributed by atoms with Crippen LogP contribution in [0.15, 0.2) is 40.8 Å². The maximum absolute atomic E-state index is 12.9. The number of amides is 1. The quantitative estimate of drug-likeness (QED) is 0.859. The van der Waals surface area contributed by atoms with Gasteiger partial charge in [0, 0.05) is 6.42 Å². The molecule has 0 aliphatic heterocycles. The molecule has 2 N–H and O–H groups in total. The summed E-state index contributed by atoms with van der Waals surface area (Å²) in [6.45, 7) is 5.35. The van der Waals surface area contributed by atoms with Crippen LogP contribution >= 0.6 is 0 Å². The first kappa shape index (κ1) is 17.2. The Morgan fingerprint density at radius 2 is 1.96 bits per heavy atom. The zero-order valence-corrected chi connectivity index (χ0v) is 13.6. The Labute approximate surface area is 135 Å². The summed E-state index contributed by atoms with van der Waals surface area (Å²) in [4.78, 5) is 12.1. The van der Waals surface area contributed by atoms with Crippen LogP contribution in [0.3, 0.4) is 0 Å². The first-order valence-corrected chi connectivity index (χ1v) is 7.59. The van der Waals surface area contributed by atoms with E-state index in [1.165, 1.54) is 12.1 Å². The summed E-state index contributed by atoms with van der Waals surface area (Å²) in [7, 11) is 0.